The number of aryl methyl sites for hydroxylation is 2. The highest BCUT2D eigenvalue weighted by Crippen LogP contribution is 2.43. The number of anilines is 1. The first-order chi connectivity index (χ1) is 14.3. The number of carbonyl (C=O) groups excluding carboxylic acids is 1. The van der Waals surface area contributed by atoms with Gasteiger partial charge in [-0.3, -0.25) is 4.79 Å². The lowest BCUT2D eigenvalue weighted by molar-refractivity contribution is -0.291. The van der Waals surface area contributed by atoms with Crippen LogP contribution in [0.25, 0.3) is 5.65 Å². The third-order valence-corrected chi connectivity index (χ3v) is 4.14. The van der Waals surface area contributed by atoms with Gasteiger partial charge in [0.05, 0.1) is 0 Å². The van der Waals surface area contributed by atoms with Gasteiger partial charge in [-0.2, -0.15) is 35.8 Å². The van der Waals surface area contributed by atoms with Gasteiger partial charge in [0, 0.05) is 17.4 Å². The van der Waals surface area contributed by atoms with Crippen LogP contribution in [0.2, 0.25) is 0 Å². The summed E-state index contributed by atoms with van der Waals surface area (Å²) in [6.07, 6.45) is -5.89. The Morgan fingerprint density at radius 2 is 1.77 bits per heavy atom. The highest BCUT2D eigenvalue weighted by atomic mass is 19.4. The highest BCUT2D eigenvalue weighted by Gasteiger charge is 2.60. The zero-order valence-corrected chi connectivity index (χ0v) is 15.8. The summed E-state index contributed by atoms with van der Waals surface area (Å²) in [6.45, 7) is -0.350. The molecule has 0 fully saturated rings. The normalized spacial score (nSPS) is 12.5. The van der Waals surface area contributed by atoms with Gasteiger partial charge in [0.25, 0.3) is 5.91 Å². The molecule has 0 atom stereocenters. The van der Waals surface area contributed by atoms with Crippen molar-refractivity contribution in [3.63, 3.8) is 0 Å². The first-order valence-electron chi connectivity index (χ1n) is 8.49. The predicted molar refractivity (Wildman–Crippen MR) is 93.4 cm³/mol. The summed E-state index contributed by atoms with van der Waals surface area (Å²) < 4.78 is 95.4. The molecule has 0 spiro atoms. The number of carbonyl (C=O) groups is 1. The second kappa shape index (κ2) is 7.71. The number of aromatic nitrogens is 3. The Morgan fingerprint density at radius 3 is 2.35 bits per heavy atom. The van der Waals surface area contributed by atoms with Crippen molar-refractivity contribution in [1.29, 1.82) is 0 Å². The fourth-order valence-electron chi connectivity index (χ4n) is 2.72. The SMILES string of the molecule is Cc1cc(C(F)(F)C(F)(F)F)n2nc(C(=O)Nc3ccc(OC(F)F)cc3C)cc2n1. The summed E-state index contributed by atoms with van der Waals surface area (Å²) in [5, 5.41) is 5.93. The molecule has 6 nitrogen and oxygen atoms in total. The lowest BCUT2D eigenvalue weighted by Gasteiger charge is -2.20. The molecule has 1 N–H and O–H groups in total. The van der Waals surface area contributed by atoms with Crippen molar-refractivity contribution in [3.05, 3.63) is 53.0 Å². The van der Waals surface area contributed by atoms with Crippen molar-refractivity contribution in [2.75, 3.05) is 5.32 Å². The number of amides is 1. The Hall–Kier alpha value is -3.38. The fourth-order valence-corrected chi connectivity index (χ4v) is 2.72. The first-order valence-corrected chi connectivity index (χ1v) is 8.49. The molecule has 3 aromatic rings. The molecule has 3 rings (SSSR count). The molecular formula is C18H13F7N4O2. The molecule has 2 heterocycles. The molecule has 1 amide bonds. The highest BCUT2D eigenvalue weighted by molar-refractivity contribution is 6.03. The number of fused-ring (bicyclic) bond motifs is 1. The van der Waals surface area contributed by atoms with E-state index in [1.807, 2.05) is 0 Å². The van der Waals surface area contributed by atoms with Gasteiger partial charge >= 0.3 is 18.7 Å². The Bertz CT molecular complexity index is 1140. The van der Waals surface area contributed by atoms with Gasteiger partial charge in [0.1, 0.15) is 11.4 Å². The maximum atomic E-state index is 13.9. The first kappa shape index (κ1) is 22.3. The summed E-state index contributed by atoms with van der Waals surface area (Å²) in [4.78, 5) is 16.3. The lowest BCUT2D eigenvalue weighted by atomic mass is 10.2. The fraction of sp³-hybridized carbons (Fsp3) is 0.278. The molecule has 0 radical (unpaired) electrons. The van der Waals surface area contributed by atoms with Crippen LogP contribution in [0.5, 0.6) is 5.75 Å². The Labute approximate surface area is 169 Å². The largest absolute Gasteiger partial charge is 0.459 e. The average Bonchev–Trinajstić information content (AvgIpc) is 3.05. The summed E-state index contributed by atoms with van der Waals surface area (Å²) in [5.41, 5.74) is -2.01. The molecule has 166 valence electrons. The van der Waals surface area contributed by atoms with Crippen LogP contribution < -0.4 is 10.1 Å². The van der Waals surface area contributed by atoms with E-state index in [0.29, 0.717) is 11.6 Å². The minimum atomic E-state index is -5.89. The van der Waals surface area contributed by atoms with Crippen molar-refractivity contribution < 1.29 is 40.3 Å². The molecule has 0 aliphatic heterocycles. The van der Waals surface area contributed by atoms with Gasteiger partial charge in [-0.1, -0.05) is 0 Å². The van der Waals surface area contributed by atoms with E-state index in [9.17, 15) is 35.5 Å². The quantitative estimate of drug-likeness (QED) is 0.565. The topological polar surface area (TPSA) is 68.5 Å². The van der Waals surface area contributed by atoms with Gasteiger partial charge in [-0.05, 0) is 43.7 Å². The van der Waals surface area contributed by atoms with E-state index in [4.69, 9.17) is 0 Å². The van der Waals surface area contributed by atoms with Crippen LogP contribution in [-0.4, -0.2) is 33.3 Å². The average molecular weight is 450 g/mol. The predicted octanol–water partition coefficient (Wildman–Crippen LogP) is 4.85. The smallest absolute Gasteiger partial charge is 0.435 e. The van der Waals surface area contributed by atoms with E-state index < -0.39 is 36.0 Å². The second-order valence-corrected chi connectivity index (χ2v) is 6.46. The van der Waals surface area contributed by atoms with Crippen LogP contribution in [0.3, 0.4) is 0 Å². The molecular weight excluding hydrogens is 437 g/mol. The number of alkyl halides is 7. The number of benzene rings is 1. The van der Waals surface area contributed by atoms with Crippen LogP contribution in [-0.2, 0) is 5.92 Å². The minimum Gasteiger partial charge on any atom is -0.435 e. The van der Waals surface area contributed by atoms with Crippen molar-refractivity contribution in [1.82, 2.24) is 14.6 Å². The zero-order valence-electron chi connectivity index (χ0n) is 15.8. The molecule has 2 aromatic heterocycles. The molecule has 0 aliphatic rings. The third kappa shape index (κ3) is 4.39. The molecule has 0 saturated heterocycles. The van der Waals surface area contributed by atoms with Crippen molar-refractivity contribution in [2.45, 2.75) is 32.6 Å². The number of ether oxygens (including phenoxy) is 1. The van der Waals surface area contributed by atoms with E-state index in [-0.39, 0.29) is 27.3 Å². The van der Waals surface area contributed by atoms with Crippen LogP contribution in [0, 0.1) is 13.8 Å². The molecule has 0 bridgehead atoms. The molecule has 13 heteroatoms. The number of nitrogens with one attached hydrogen (secondary N) is 1. The van der Waals surface area contributed by atoms with E-state index in [2.05, 4.69) is 20.1 Å². The summed E-state index contributed by atoms with van der Waals surface area (Å²) >= 11 is 0. The maximum absolute atomic E-state index is 13.9. The second-order valence-electron chi connectivity index (χ2n) is 6.46. The van der Waals surface area contributed by atoms with E-state index in [1.165, 1.54) is 26.0 Å². The standard InChI is InChI=1S/C18H13F7N4O2/c1-8-5-10(31-16(19)20)3-4-11(8)27-15(30)12-7-14-26-9(2)6-13(29(14)28-12)17(21,22)18(23,24)25/h3-7,16H,1-2H3,(H,27,30). The molecule has 0 saturated carbocycles. The zero-order chi connectivity index (χ0) is 23.1. The number of halogens is 7. The number of nitrogens with zero attached hydrogens (tertiary/aromatic N) is 3. The van der Waals surface area contributed by atoms with Crippen LogP contribution >= 0.6 is 0 Å². The van der Waals surface area contributed by atoms with Gasteiger partial charge in [-0.15, -0.1) is 0 Å². The molecule has 0 unspecified atom stereocenters. The Morgan fingerprint density at radius 1 is 1.10 bits per heavy atom. The van der Waals surface area contributed by atoms with Gasteiger partial charge in [-0.25, -0.2) is 9.50 Å². The van der Waals surface area contributed by atoms with Gasteiger partial charge in [0.2, 0.25) is 0 Å². The number of rotatable bonds is 5. The monoisotopic (exact) mass is 450 g/mol. The lowest BCUT2D eigenvalue weighted by Crippen LogP contribution is -2.36. The maximum Gasteiger partial charge on any atom is 0.459 e. The molecule has 31 heavy (non-hydrogen) atoms. The van der Waals surface area contributed by atoms with Crippen LogP contribution in [0.4, 0.5) is 36.4 Å². The van der Waals surface area contributed by atoms with E-state index in [0.717, 1.165) is 12.1 Å². The van der Waals surface area contributed by atoms with E-state index in [1.54, 1.807) is 0 Å². The summed E-state index contributed by atoms with van der Waals surface area (Å²) in [5.74, 6) is -6.33. The molecule has 1 aromatic carbocycles. The van der Waals surface area contributed by atoms with Crippen molar-refractivity contribution in [2.24, 2.45) is 0 Å². The Balaban J connectivity index is 1.95. The van der Waals surface area contributed by atoms with Gasteiger partial charge in [0.15, 0.2) is 11.3 Å². The van der Waals surface area contributed by atoms with Crippen LogP contribution in [0.1, 0.15) is 27.4 Å². The number of hydrogen-bond donors (Lipinski definition) is 1. The van der Waals surface area contributed by atoms with Crippen LogP contribution in [0.15, 0.2) is 30.3 Å². The van der Waals surface area contributed by atoms with E-state index >= 15 is 0 Å². The summed E-state index contributed by atoms with van der Waals surface area (Å²) in [6, 6.07) is 5.11. The Kier molecular flexibility index (Phi) is 5.54. The van der Waals surface area contributed by atoms with Crippen molar-refractivity contribution >= 4 is 17.2 Å². The third-order valence-electron chi connectivity index (χ3n) is 4.14. The minimum absolute atomic E-state index is 0.135. The number of hydrogen-bond acceptors (Lipinski definition) is 4. The van der Waals surface area contributed by atoms with Gasteiger partial charge < -0.3 is 10.1 Å². The van der Waals surface area contributed by atoms with Crippen molar-refractivity contribution in [3.8, 4) is 5.75 Å². The summed E-state index contributed by atoms with van der Waals surface area (Å²) in [7, 11) is 0. The molecule has 0 aliphatic carbocycles.